The average molecular weight is 774 g/mol. The van der Waals surface area contributed by atoms with Gasteiger partial charge in [-0.15, -0.1) is 0 Å². The van der Waals surface area contributed by atoms with Crippen LogP contribution in [-0.4, -0.2) is 72.8 Å². The fraction of sp³-hybridized carbons (Fsp3) is 0.394. The molecule has 0 aliphatic heterocycles. The van der Waals surface area contributed by atoms with Crippen LogP contribution in [0.4, 0.5) is 35.5 Å². The minimum atomic E-state index is -4.81. The van der Waals surface area contributed by atoms with Crippen LogP contribution in [0, 0.1) is 5.41 Å². The molecule has 0 spiro atoms. The van der Waals surface area contributed by atoms with Gasteiger partial charge in [0.2, 0.25) is 0 Å². The molecular formula is C33H35ClF7N9O3. The van der Waals surface area contributed by atoms with Crippen LogP contribution >= 0.6 is 11.6 Å². The van der Waals surface area contributed by atoms with E-state index in [1.807, 2.05) is 20.8 Å². The molecule has 2 amide bonds. The number of aliphatic imine (C=N–C) groups is 1. The van der Waals surface area contributed by atoms with E-state index in [1.54, 1.807) is 5.32 Å². The number of hydrogen-bond donors (Lipinski definition) is 2. The molecule has 0 aliphatic rings. The third kappa shape index (κ3) is 10.5. The molecular weight excluding hydrogens is 739 g/mol. The van der Waals surface area contributed by atoms with E-state index < -0.39 is 55.7 Å². The minimum Gasteiger partial charge on any atom is -0.447 e. The lowest BCUT2D eigenvalue weighted by Gasteiger charge is -2.32. The first-order chi connectivity index (χ1) is 24.8. The first-order valence-corrected chi connectivity index (χ1v) is 16.2. The van der Waals surface area contributed by atoms with Crippen LogP contribution in [0.15, 0.2) is 66.2 Å². The molecule has 4 aromatic rings. The van der Waals surface area contributed by atoms with E-state index in [-0.39, 0.29) is 39.8 Å². The van der Waals surface area contributed by atoms with Crippen LogP contribution in [0.1, 0.15) is 74.9 Å². The zero-order chi connectivity index (χ0) is 39.2. The predicted molar refractivity (Wildman–Crippen MR) is 180 cm³/mol. The third-order valence-corrected chi connectivity index (χ3v) is 8.05. The van der Waals surface area contributed by atoms with Gasteiger partial charge in [-0.2, -0.15) is 32.1 Å². The highest BCUT2D eigenvalue weighted by molar-refractivity contribution is 6.32. The highest BCUT2D eigenvalue weighted by Gasteiger charge is 2.38. The number of carbonyl (C=O) groups is 2. The lowest BCUT2D eigenvalue weighted by atomic mass is 9.92. The first kappa shape index (κ1) is 40.6. The summed E-state index contributed by atoms with van der Waals surface area (Å²) in [4.78, 5) is 35.9. The molecule has 0 bridgehead atoms. The number of nitrogens with zero attached hydrogens (tertiary/aromatic N) is 7. The smallest absolute Gasteiger partial charge is 0.408 e. The van der Waals surface area contributed by atoms with Crippen molar-refractivity contribution in [2.45, 2.75) is 65.4 Å². The molecule has 3 N–H and O–H groups in total. The van der Waals surface area contributed by atoms with Gasteiger partial charge in [-0.05, 0) is 54.2 Å². The Hall–Kier alpha value is -5.20. The zero-order valence-corrected chi connectivity index (χ0v) is 29.4. The maximum atomic E-state index is 14.4. The Bertz CT molecular complexity index is 1910. The van der Waals surface area contributed by atoms with Gasteiger partial charge in [0.15, 0.2) is 11.8 Å². The lowest BCUT2D eigenvalue weighted by molar-refractivity contribution is -0.150. The maximum Gasteiger partial charge on any atom is 0.408 e. The number of rotatable bonds is 12. The number of alkyl halides is 7. The van der Waals surface area contributed by atoms with E-state index in [2.05, 4.69) is 20.2 Å². The number of alkyl carbamates (subject to hydrolysis) is 1. The molecule has 0 saturated carbocycles. The summed E-state index contributed by atoms with van der Waals surface area (Å²) >= 11 is 6.38. The number of halogens is 8. The second-order valence-corrected chi connectivity index (χ2v) is 13.3. The minimum absolute atomic E-state index is 0.0189. The molecule has 0 radical (unpaired) electrons. The van der Waals surface area contributed by atoms with Crippen LogP contribution in [-0.2, 0) is 4.74 Å². The van der Waals surface area contributed by atoms with E-state index in [0.29, 0.717) is 29.2 Å². The standard InChI is InChI=1S/C33H35ClF7N9O3/c1-18(33(39,40)41)47-31(52)53-16-25(21-9-10-23(34)24(13-21)50-27(26(35)36)44-17-46-50)49(30(42)43-12-11-32(2,3)4)28(51)20-7-5-19(6-8-20)22-14-45-48(15-22)29(37)38/h5-10,13-15,17-18,25-26,29H,11-12,16H2,1-4H3,(H2,42,43)(H,47,52)/t18-,25-/m1/s1. The van der Waals surface area contributed by atoms with Crippen molar-refractivity contribution in [2.24, 2.45) is 16.1 Å². The van der Waals surface area contributed by atoms with E-state index in [0.717, 1.165) is 22.1 Å². The van der Waals surface area contributed by atoms with Crippen molar-refractivity contribution < 1.29 is 45.1 Å². The van der Waals surface area contributed by atoms with Crippen LogP contribution in [0.5, 0.6) is 0 Å². The summed E-state index contributed by atoms with van der Waals surface area (Å²) in [5.41, 5.74) is 6.91. The van der Waals surface area contributed by atoms with Crippen molar-refractivity contribution >= 4 is 29.6 Å². The molecule has 2 atom stereocenters. The molecule has 4 rings (SSSR count). The number of aromatic nitrogens is 5. The Kier molecular flexibility index (Phi) is 12.7. The van der Waals surface area contributed by atoms with E-state index in [9.17, 15) is 40.3 Å². The van der Waals surface area contributed by atoms with Gasteiger partial charge in [-0.1, -0.05) is 50.6 Å². The topological polar surface area (TPSA) is 146 Å². The average Bonchev–Trinajstić information content (AvgIpc) is 3.77. The quantitative estimate of drug-likeness (QED) is 0.0852. The Labute approximate surface area is 303 Å². The Morgan fingerprint density at radius 1 is 1.04 bits per heavy atom. The van der Waals surface area contributed by atoms with Gasteiger partial charge in [0.25, 0.3) is 12.3 Å². The summed E-state index contributed by atoms with van der Waals surface area (Å²) < 4.78 is 99.9. The van der Waals surface area contributed by atoms with E-state index in [1.165, 1.54) is 48.7 Å². The van der Waals surface area contributed by atoms with Crippen LogP contribution in [0.2, 0.25) is 5.02 Å². The first-order valence-electron chi connectivity index (χ1n) is 15.8. The highest BCUT2D eigenvalue weighted by atomic mass is 35.5. The molecule has 2 aromatic carbocycles. The number of nitrogens with two attached hydrogens (primary N) is 1. The fourth-order valence-corrected chi connectivity index (χ4v) is 4.98. The number of carbonyl (C=O) groups excluding carboxylic acids is 2. The summed E-state index contributed by atoms with van der Waals surface area (Å²) in [6, 6.07) is 5.78. The fourth-order valence-electron chi connectivity index (χ4n) is 4.78. The van der Waals surface area contributed by atoms with Crippen molar-refractivity contribution in [1.82, 2.24) is 34.8 Å². The molecule has 0 saturated heterocycles. The Balaban J connectivity index is 1.82. The molecule has 0 aliphatic carbocycles. The van der Waals surface area contributed by atoms with E-state index >= 15 is 0 Å². The molecule has 2 heterocycles. The van der Waals surface area contributed by atoms with Gasteiger partial charge in [0, 0.05) is 23.9 Å². The number of hydrogen-bond acceptors (Lipinski definition) is 7. The number of guanidine groups is 1. The highest BCUT2D eigenvalue weighted by Crippen LogP contribution is 2.32. The van der Waals surface area contributed by atoms with Gasteiger partial charge in [-0.3, -0.25) is 14.7 Å². The molecule has 53 heavy (non-hydrogen) atoms. The van der Waals surface area contributed by atoms with Crippen LogP contribution in [0.3, 0.4) is 0 Å². The van der Waals surface area contributed by atoms with E-state index in [4.69, 9.17) is 22.1 Å². The van der Waals surface area contributed by atoms with Crippen molar-refractivity contribution in [2.75, 3.05) is 13.2 Å². The van der Waals surface area contributed by atoms with Crippen molar-refractivity contribution in [1.29, 1.82) is 0 Å². The van der Waals surface area contributed by atoms with Gasteiger partial charge in [0.05, 0.1) is 22.9 Å². The van der Waals surface area contributed by atoms with Gasteiger partial charge in [-0.25, -0.2) is 27.9 Å². The lowest BCUT2D eigenvalue weighted by Crippen LogP contribution is -2.47. The van der Waals surface area contributed by atoms with Crippen LogP contribution in [0.25, 0.3) is 16.8 Å². The van der Waals surface area contributed by atoms with Gasteiger partial charge in [0.1, 0.15) is 19.0 Å². The summed E-state index contributed by atoms with van der Waals surface area (Å²) in [5, 5.41) is 9.03. The Morgan fingerprint density at radius 2 is 1.72 bits per heavy atom. The molecule has 12 nitrogen and oxygen atoms in total. The maximum absolute atomic E-state index is 14.4. The molecule has 286 valence electrons. The predicted octanol–water partition coefficient (Wildman–Crippen LogP) is 7.73. The number of amides is 2. The molecule has 20 heteroatoms. The largest absolute Gasteiger partial charge is 0.447 e. The SMILES string of the molecule is C[C@@H](NC(=O)OC[C@H](c1ccc(Cl)c(-n2ncnc2C(F)F)c1)N(C(=O)c1ccc(-c2cnn(C(F)F)c2)cc1)C(N)=NCCC(C)(C)C)C(F)(F)F. The van der Waals surface area contributed by atoms with Crippen molar-refractivity contribution in [3.05, 3.63) is 83.2 Å². The zero-order valence-electron chi connectivity index (χ0n) is 28.7. The van der Waals surface area contributed by atoms with Gasteiger partial charge >= 0.3 is 18.8 Å². The van der Waals surface area contributed by atoms with Gasteiger partial charge < -0.3 is 15.8 Å². The van der Waals surface area contributed by atoms with Crippen molar-refractivity contribution in [3.8, 4) is 16.8 Å². The summed E-state index contributed by atoms with van der Waals surface area (Å²) in [5.74, 6) is -1.99. The second-order valence-electron chi connectivity index (χ2n) is 12.9. The molecule has 2 aromatic heterocycles. The van der Waals surface area contributed by atoms with Crippen LogP contribution < -0.4 is 11.1 Å². The normalized spacial score (nSPS) is 13.7. The third-order valence-electron chi connectivity index (χ3n) is 7.73. The summed E-state index contributed by atoms with van der Waals surface area (Å²) in [6.45, 7) is 2.95. The molecule has 0 fully saturated rings. The Morgan fingerprint density at radius 3 is 2.30 bits per heavy atom. The second kappa shape index (κ2) is 16.6. The summed E-state index contributed by atoms with van der Waals surface area (Å²) in [6.07, 6.45) is -5.68. The summed E-state index contributed by atoms with van der Waals surface area (Å²) in [7, 11) is 0. The monoisotopic (exact) mass is 773 g/mol. The number of ether oxygens (including phenoxy) is 1. The van der Waals surface area contributed by atoms with Crippen molar-refractivity contribution in [3.63, 3.8) is 0 Å². The molecule has 0 unspecified atom stereocenters. The number of nitrogens with one attached hydrogen (secondary N) is 1. The number of benzene rings is 2.